The second-order valence-corrected chi connectivity index (χ2v) is 26.9. The van der Waals surface area contributed by atoms with E-state index in [-0.39, 0.29) is 0 Å². The minimum absolute atomic E-state index is 0.873. The average Bonchev–Trinajstić information content (AvgIpc) is 0.759. The summed E-state index contributed by atoms with van der Waals surface area (Å²) < 4.78 is 82.3. The fourth-order valence-corrected chi connectivity index (χ4v) is 13.7. The van der Waals surface area contributed by atoms with Crippen LogP contribution in [0.25, 0.3) is 0 Å². The first-order chi connectivity index (χ1) is 51.3. The number of aliphatic hydroxyl groups excluding tert-OH is 23. The highest BCUT2D eigenvalue weighted by Gasteiger charge is 2.64. The van der Waals surface area contributed by atoms with Crippen LogP contribution in [0.3, 0.4) is 0 Å². The number of amides is 4. The first-order valence-corrected chi connectivity index (χ1v) is 34.1. The highest BCUT2D eigenvalue weighted by Crippen LogP contribution is 2.43. The Labute approximate surface area is 616 Å². The van der Waals surface area contributed by atoms with Crippen LogP contribution in [0.2, 0.25) is 0 Å². The summed E-state index contributed by atoms with van der Waals surface area (Å²) in [6, 6.07) is -7.66. The quantitative estimate of drug-likeness (QED) is 0.0284. The van der Waals surface area contributed by atoms with E-state index in [0.717, 1.165) is 27.7 Å². The van der Waals surface area contributed by atoms with Crippen molar-refractivity contribution in [2.24, 2.45) is 0 Å². The molecule has 7 rings (SSSR count). The Hall–Kier alpha value is -4.66. The Morgan fingerprint density at radius 3 is 0.991 bits per heavy atom. The number of carbonyl (C=O) groups is 6. The van der Waals surface area contributed by atoms with Crippen LogP contribution in [-0.2, 0) is 95.1 Å². The molecule has 49 heteroatoms. The predicted molar refractivity (Wildman–Crippen MR) is 335 cm³/mol. The van der Waals surface area contributed by atoms with E-state index in [1.165, 1.54) is 0 Å². The number of carboxylic acid groups (broad SMARTS) is 2. The van der Waals surface area contributed by atoms with Gasteiger partial charge >= 0.3 is 11.9 Å². The number of rotatable bonds is 34. The topological polar surface area (TPSA) is 786 Å². The summed E-state index contributed by atoms with van der Waals surface area (Å²) in [6.45, 7) is -7.23. The summed E-state index contributed by atoms with van der Waals surface area (Å²) in [7, 11) is 0. The second kappa shape index (κ2) is 39.6. The molecule has 7 fully saturated rings. The normalized spacial score (nSPS) is 43.1. The van der Waals surface area contributed by atoms with Crippen molar-refractivity contribution >= 4 is 35.6 Å². The Kier molecular flexibility index (Phi) is 33.2. The van der Waals surface area contributed by atoms with Gasteiger partial charge in [-0.25, -0.2) is 9.59 Å². The molecule has 6 unspecified atom stereocenters. The number of aliphatic carboxylic acids is 2. The Bertz CT molecular complexity index is 2940. The van der Waals surface area contributed by atoms with Crippen molar-refractivity contribution in [2.75, 3.05) is 59.5 Å². The molecule has 4 amide bonds. The zero-order valence-corrected chi connectivity index (χ0v) is 58.5. The van der Waals surface area contributed by atoms with Gasteiger partial charge in [0.1, 0.15) is 171 Å². The number of hydrogen-bond acceptors (Lipinski definition) is 43. The zero-order valence-electron chi connectivity index (χ0n) is 58.5. The maximum atomic E-state index is 13.2. The third-order valence-corrected chi connectivity index (χ3v) is 19.2. The molecule has 7 heterocycles. The van der Waals surface area contributed by atoms with Crippen LogP contribution in [0.4, 0.5) is 0 Å². The highest BCUT2D eigenvalue weighted by molar-refractivity contribution is 5.78. The van der Waals surface area contributed by atoms with Gasteiger partial charge in [0, 0.05) is 40.5 Å². The third-order valence-electron chi connectivity index (χ3n) is 19.2. The molecule has 0 bridgehead atoms. The number of ether oxygens (including phenoxy) is 14. The van der Waals surface area contributed by atoms with Gasteiger partial charge in [0.05, 0.1) is 83.8 Å². The average molecular weight is 1600 g/mol. The van der Waals surface area contributed by atoms with E-state index in [4.69, 9.17) is 66.3 Å². The largest absolute Gasteiger partial charge is 0.477 e. The predicted octanol–water partition coefficient (Wildman–Crippen LogP) is -18.6. The van der Waals surface area contributed by atoms with Crippen LogP contribution in [-0.4, -0.2) is 461 Å². The third kappa shape index (κ3) is 20.5. The summed E-state index contributed by atoms with van der Waals surface area (Å²) in [6.07, 6.45) is -75.8. The second-order valence-electron chi connectivity index (χ2n) is 26.9. The standard InChI is InChI=1S/C60H100N4O45/c1-16(74)61-31-20(78)5-59(57(92)93,106-47(31)35(83)23(81)8-66)108-49-37(85)26(11-69)97-55(41(49)89)102-44-28(13-71)99-52(33(39(44)87)63-18(3)76)104-46-30(15-73)101-54(96-25(10-68)22(80)7-65)43(91)51(46)105-53-34(64-19(4)77)40(88)45(29(14-72)100-53)103-56-42(90)50(38(86)27(12-70)98-56)109-60(58(94)95)6-21(79)32(62-17(2)75)48(107-60)36(84)24(82)9-67/h20-56,65-73,78-91H,5-15H2,1-4H3,(H,61,74)(H,62,75)(H,63,76)(H,64,77)(H,92,93)(H,94,95)/t20-,21-,22?,23?,24?,25?,26+,27+,28+,29+,30+,31+,32+,33+,34+,35?,36?,37-,38-,39+,40-,41+,42+,43+,44+,45+,46-,47-,48-,49-,50+,51-,52-,53-,54+,55-,56-,59-,60-/m0/s1. The van der Waals surface area contributed by atoms with Crippen LogP contribution < -0.4 is 21.3 Å². The van der Waals surface area contributed by atoms with Crippen molar-refractivity contribution in [1.82, 2.24) is 21.3 Å². The molecule has 0 spiro atoms. The van der Waals surface area contributed by atoms with Gasteiger partial charge in [-0.15, -0.1) is 0 Å². The molecule has 0 aromatic heterocycles. The van der Waals surface area contributed by atoms with Crippen LogP contribution in [0.5, 0.6) is 0 Å². The lowest BCUT2D eigenvalue weighted by Gasteiger charge is -2.52. The first-order valence-electron chi connectivity index (χ1n) is 34.1. The van der Waals surface area contributed by atoms with E-state index in [2.05, 4.69) is 21.3 Å². The monoisotopic (exact) mass is 1600 g/mol. The van der Waals surface area contributed by atoms with Crippen LogP contribution in [0.1, 0.15) is 40.5 Å². The number of carboxylic acids is 2. The van der Waals surface area contributed by atoms with Gasteiger partial charge in [-0.3, -0.25) is 19.2 Å². The fourth-order valence-electron chi connectivity index (χ4n) is 13.7. The maximum absolute atomic E-state index is 13.2. The van der Waals surface area contributed by atoms with E-state index < -0.39 is 346 Å². The van der Waals surface area contributed by atoms with Gasteiger partial charge in [-0.1, -0.05) is 0 Å². The van der Waals surface area contributed by atoms with Crippen molar-refractivity contribution in [1.29, 1.82) is 0 Å². The van der Waals surface area contributed by atoms with Crippen LogP contribution in [0.15, 0.2) is 0 Å². The molecule has 29 N–H and O–H groups in total. The summed E-state index contributed by atoms with van der Waals surface area (Å²) in [5.74, 6) is -14.7. The van der Waals surface area contributed by atoms with Gasteiger partial charge in [0.2, 0.25) is 23.6 Å². The fraction of sp³-hybridized carbons (Fsp3) is 0.900. The van der Waals surface area contributed by atoms with E-state index in [0.29, 0.717) is 0 Å². The molecule has 0 aromatic carbocycles. The number of aliphatic hydroxyl groups is 23. The van der Waals surface area contributed by atoms with Gasteiger partial charge in [-0.2, -0.15) is 0 Å². The lowest BCUT2D eigenvalue weighted by molar-refractivity contribution is -0.398. The summed E-state index contributed by atoms with van der Waals surface area (Å²) in [4.78, 5) is 77.1. The van der Waals surface area contributed by atoms with Crippen molar-refractivity contribution in [3.05, 3.63) is 0 Å². The van der Waals surface area contributed by atoms with Crippen LogP contribution >= 0.6 is 0 Å². The smallest absolute Gasteiger partial charge is 0.364 e. The number of carbonyl (C=O) groups excluding carboxylic acids is 4. The van der Waals surface area contributed by atoms with Gasteiger partial charge in [0.25, 0.3) is 11.6 Å². The van der Waals surface area contributed by atoms with Gasteiger partial charge in [0.15, 0.2) is 31.5 Å². The molecular formula is C60H100N4O45. The van der Waals surface area contributed by atoms with E-state index in [9.17, 15) is 156 Å². The molecule has 0 aliphatic carbocycles. The molecule has 0 saturated carbocycles. The van der Waals surface area contributed by atoms with Gasteiger partial charge in [-0.05, 0) is 0 Å². The lowest BCUT2D eigenvalue weighted by Crippen LogP contribution is -2.72. The summed E-state index contributed by atoms with van der Waals surface area (Å²) >= 11 is 0. The minimum atomic E-state index is -3.30. The Balaban J connectivity index is 1.20. The Morgan fingerprint density at radius 1 is 0.367 bits per heavy atom. The molecule has 7 saturated heterocycles. The Morgan fingerprint density at radius 2 is 0.670 bits per heavy atom. The molecule has 49 nitrogen and oxygen atoms in total. The number of hydrogen-bond donors (Lipinski definition) is 29. The minimum Gasteiger partial charge on any atom is -0.477 e. The molecule has 109 heavy (non-hydrogen) atoms. The molecule has 630 valence electrons. The molecule has 7 aliphatic rings. The molecule has 7 aliphatic heterocycles. The van der Waals surface area contributed by atoms with Crippen molar-refractivity contribution in [3.8, 4) is 0 Å². The number of nitrogens with one attached hydrogen (secondary N) is 4. The summed E-state index contributed by atoms with van der Waals surface area (Å²) in [5, 5.41) is 283. The van der Waals surface area contributed by atoms with E-state index in [1.54, 1.807) is 0 Å². The van der Waals surface area contributed by atoms with Crippen LogP contribution in [0, 0.1) is 0 Å². The van der Waals surface area contributed by atoms with Crippen molar-refractivity contribution in [2.45, 2.75) is 279 Å². The lowest BCUT2D eigenvalue weighted by atomic mass is 9.88. The zero-order chi connectivity index (χ0) is 81.3. The molecular weight excluding hydrogens is 1500 g/mol. The van der Waals surface area contributed by atoms with E-state index in [1.807, 2.05) is 0 Å². The van der Waals surface area contributed by atoms with E-state index >= 15 is 0 Å². The van der Waals surface area contributed by atoms with Crippen molar-refractivity contribution < 1.29 is 223 Å². The molecule has 39 atom stereocenters. The highest BCUT2D eigenvalue weighted by atomic mass is 16.8. The van der Waals surface area contributed by atoms with Crippen molar-refractivity contribution in [3.63, 3.8) is 0 Å². The SMILES string of the molecule is CC(=O)N[C@H]1[C@H](O[C@@H]2[C@@H](O[C@@H]3O[C@H](CO)[C@@H](O[C@@H]4O[C@H](CO)[C@H](O)[C@@H](O[C@]5(C(=O)O)C[C@H](O)[C@@H](NC(C)=O)[C@@H](C(O)C(O)CO)O5)[C@H]4O)[C@@H](O)[C@H]3NC(C)=O)[C@@H](O)[C@H](OC(CO)C(O)CO)O[C@@H]2CO)O[C@H](CO)[C@@H](O[C@@H]2O[C@H](CO)[C@H](O)[C@H](O[C@]3(C(=O)O)C[C@H](O)[C@@H](NC(C)=O)[C@@H](C(O)C(O)CO)O3)[C@H]2O)[C@@H]1O. The maximum Gasteiger partial charge on any atom is 0.364 e. The molecule has 0 radical (unpaired) electrons. The molecule has 0 aromatic rings. The first kappa shape index (κ1) is 91.5. The summed E-state index contributed by atoms with van der Waals surface area (Å²) in [5.41, 5.74) is 0. The van der Waals surface area contributed by atoms with Gasteiger partial charge < -0.3 is 215 Å².